The van der Waals surface area contributed by atoms with Gasteiger partial charge in [-0.1, -0.05) is 13.3 Å². The summed E-state index contributed by atoms with van der Waals surface area (Å²) < 4.78 is 159. The molecule has 0 aromatic carbocycles. The topological polar surface area (TPSA) is 57.2 Å². The predicted molar refractivity (Wildman–Crippen MR) is 54.0 cm³/mol. The van der Waals surface area contributed by atoms with Gasteiger partial charge in [-0.05, 0) is 6.42 Å². The van der Waals surface area contributed by atoms with Gasteiger partial charge < -0.3 is 4.55 Å². The largest absolute Gasteiger partial charge is 1.00 e. The van der Waals surface area contributed by atoms with E-state index in [9.17, 15) is 56.9 Å². The second kappa shape index (κ2) is 7.20. The quantitative estimate of drug-likeness (QED) is 0.349. The van der Waals surface area contributed by atoms with Crippen molar-refractivity contribution >= 4 is 10.1 Å². The zero-order valence-electron chi connectivity index (χ0n) is 12.0. The summed E-state index contributed by atoms with van der Waals surface area (Å²) in [5, 5.41) is -7.24. The van der Waals surface area contributed by atoms with Crippen molar-refractivity contribution in [1.82, 2.24) is 0 Å². The van der Waals surface area contributed by atoms with Crippen molar-refractivity contribution in [2.45, 2.75) is 55.1 Å². The van der Waals surface area contributed by atoms with Crippen molar-refractivity contribution in [1.29, 1.82) is 0 Å². The molecule has 0 N–H and O–H groups in total. The van der Waals surface area contributed by atoms with Crippen molar-refractivity contribution in [2.24, 2.45) is 0 Å². The molecule has 0 heterocycles. The molecular weight excluding hydrogens is 385 g/mol. The van der Waals surface area contributed by atoms with Gasteiger partial charge in [0.2, 0.25) is 0 Å². The van der Waals surface area contributed by atoms with E-state index in [0.29, 0.717) is 0 Å². The summed E-state index contributed by atoms with van der Waals surface area (Å²) in [6.45, 7) is 1.15. The summed E-state index contributed by atoms with van der Waals surface area (Å²) in [7, 11) is -7.56. The molecule has 0 rings (SSSR count). The Hall–Kier alpha value is -0.193. The molecule has 0 unspecified atom stereocenters. The second-order valence-electron chi connectivity index (χ2n) is 4.50. The van der Waals surface area contributed by atoms with E-state index in [-0.39, 0.29) is 25.3 Å². The molecule has 0 aliphatic carbocycles. The third-order valence-corrected chi connectivity index (χ3v) is 3.66. The smallest absolute Gasteiger partial charge is 0.743 e. The van der Waals surface area contributed by atoms with Gasteiger partial charge >= 0.3 is 47.8 Å². The molecule has 0 aliphatic heterocycles. The number of halogens is 10. The molecule has 0 atom stereocenters. The average Bonchev–Trinajstić information content (AvgIpc) is 2.34. The van der Waals surface area contributed by atoms with Crippen LogP contribution in [-0.2, 0) is 10.1 Å². The van der Waals surface area contributed by atoms with Crippen molar-refractivity contribution in [3.8, 4) is 0 Å². The minimum Gasteiger partial charge on any atom is -0.743 e. The molecule has 0 saturated carbocycles. The van der Waals surface area contributed by atoms with Crippen LogP contribution in [0, 0.1) is 0 Å². The number of rotatable bonds is 8. The van der Waals surface area contributed by atoms with Gasteiger partial charge in [0.1, 0.15) is 0 Å². The molecule has 0 saturated heterocycles. The fourth-order valence-corrected chi connectivity index (χ4v) is 1.76. The van der Waals surface area contributed by atoms with Gasteiger partial charge in [0.05, 0.1) is 0 Å². The van der Waals surface area contributed by atoms with Crippen molar-refractivity contribution < 1.29 is 75.7 Å². The summed E-state index contributed by atoms with van der Waals surface area (Å²) in [6, 6.07) is 0. The van der Waals surface area contributed by atoms with Crippen LogP contribution in [0.3, 0.4) is 0 Å². The van der Waals surface area contributed by atoms with Crippen LogP contribution in [0.1, 0.15) is 26.2 Å². The minimum atomic E-state index is -7.58. The molecule has 0 fully saturated rings. The molecular formula is C9H9F10LiO3S. The SMILES string of the molecule is CCCCC(F)(F)C(F)(F)C(F)(F)C(F)(F)C(F)(F)S(=O)(=O)[O-].[Li+]. The molecule has 0 aromatic rings. The van der Waals surface area contributed by atoms with Gasteiger partial charge in [0.15, 0.2) is 10.1 Å². The van der Waals surface area contributed by atoms with Gasteiger partial charge in [-0.3, -0.25) is 0 Å². The molecule has 0 bridgehead atoms. The van der Waals surface area contributed by atoms with Crippen LogP contribution in [0.2, 0.25) is 0 Å². The molecule has 15 heteroatoms. The third kappa shape index (κ3) is 3.81. The van der Waals surface area contributed by atoms with Crippen molar-refractivity contribution in [2.75, 3.05) is 0 Å². The molecule has 0 radical (unpaired) electrons. The Balaban J connectivity index is 0. The Bertz CT molecular complexity index is 534. The number of hydrogen-bond acceptors (Lipinski definition) is 3. The minimum absolute atomic E-state index is 0. The Labute approximate surface area is 141 Å². The first-order valence-electron chi connectivity index (χ1n) is 5.65. The van der Waals surface area contributed by atoms with Gasteiger partial charge in [0, 0.05) is 6.42 Å². The third-order valence-electron chi connectivity index (χ3n) is 2.77. The van der Waals surface area contributed by atoms with Crippen molar-refractivity contribution in [3.63, 3.8) is 0 Å². The maximum atomic E-state index is 13.1. The normalized spacial score (nSPS) is 15.2. The van der Waals surface area contributed by atoms with Gasteiger partial charge in [0.25, 0.3) is 0 Å². The van der Waals surface area contributed by atoms with Gasteiger partial charge in [-0.25, -0.2) is 8.42 Å². The van der Waals surface area contributed by atoms with Crippen LogP contribution < -0.4 is 18.9 Å². The van der Waals surface area contributed by atoms with E-state index < -0.39 is 51.9 Å². The fraction of sp³-hybridized carbons (Fsp3) is 1.00. The monoisotopic (exact) mass is 394 g/mol. The first-order valence-corrected chi connectivity index (χ1v) is 7.06. The van der Waals surface area contributed by atoms with Crippen LogP contribution in [0.4, 0.5) is 43.9 Å². The van der Waals surface area contributed by atoms with Crippen LogP contribution in [0.15, 0.2) is 0 Å². The van der Waals surface area contributed by atoms with E-state index in [1.54, 1.807) is 0 Å². The summed E-state index contributed by atoms with van der Waals surface area (Å²) in [5.74, 6) is -28.0. The van der Waals surface area contributed by atoms with Crippen LogP contribution in [0.5, 0.6) is 0 Å². The maximum Gasteiger partial charge on any atom is 1.00 e. The number of alkyl halides is 10. The van der Waals surface area contributed by atoms with E-state index in [4.69, 9.17) is 0 Å². The van der Waals surface area contributed by atoms with Crippen molar-refractivity contribution in [3.05, 3.63) is 0 Å². The second-order valence-corrected chi connectivity index (χ2v) is 5.92. The molecule has 0 amide bonds. The maximum absolute atomic E-state index is 13.1. The molecule has 0 aromatic heterocycles. The molecule has 24 heavy (non-hydrogen) atoms. The van der Waals surface area contributed by atoms with Crippen LogP contribution in [0.25, 0.3) is 0 Å². The molecule has 0 spiro atoms. The van der Waals surface area contributed by atoms with E-state index in [0.717, 1.165) is 6.92 Å². The number of hydrogen-bond donors (Lipinski definition) is 0. The Morgan fingerprint density at radius 1 is 0.792 bits per heavy atom. The predicted octanol–water partition coefficient (Wildman–Crippen LogP) is 0.860. The summed E-state index contributed by atoms with van der Waals surface area (Å²) in [6.07, 6.45) is -3.16. The van der Waals surface area contributed by atoms with Gasteiger partial charge in [-0.15, -0.1) is 0 Å². The first kappa shape index (κ1) is 26.0. The van der Waals surface area contributed by atoms with E-state index >= 15 is 0 Å². The Morgan fingerprint density at radius 2 is 1.17 bits per heavy atom. The summed E-state index contributed by atoms with van der Waals surface area (Å²) in [4.78, 5) is 0. The van der Waals surface area contributed by atoms with E-state index in [1.165, 1.54) is 0 Å². The standard InChI is InChI=1S/C9H10F10O3S.Li/c1-2-3-4-5(10,11)6(12,13)7(14,15)8(16,17)9(18,19)23(20,21)22;/h2-4H2,1H3,(H,20,21,22);/q;+1/p-1. The van der Waals surface area contributed by atoms with Crippen LogP contribution in [-0.4, -0.2) is 41.9 Å². The molecule has 140 valence electrons. The summed E-state index contributed by atoms with van der Waals surface area (Å²) in [5.41, 5.74) is 0. The zero-order chi connectivity index (χ0) is 19.1. The summed E-state index contributed by atoms with van der Waals surface area (Å²) >= 11 is 0. The molecule has 0 aliphatic rings. The average molecular weight is 394 g/mol. The number of unbranched alkanes of at least 4 members (excludes halogenated alkanes) is 1. The Kier molecular flexibility index (Phi) is 7.81. The van der Waals surface area contributed by atoms with E-state index in [1.807, 2.05) is 0 Å². The van der Waals surface area contributed by atoms with Crippen LogP contribution >= 0.6 is 0 Å². The Morgan fingerprint density at radius 3 is 1.46 bits per heavy atom. The fourth-order valence-electron chi connectivity index (χ4n) is 1.32. The molecule has 3 nitrogen and oxygen atoms in total. The van der Waals surface area contributed by atoms with Gasteiger partial charge in [-0.2, -0.15) is 43.9 Å². The first-order chi connectivity index (χ1) is 9.81. The van der Waals surface area contributed by atoms with E-state index in [2.05, 4.69) is 0 Å². The zero-order valence-corrected chi connectivity index (χ0v) is 12.9.